The summed E-state index contributed by atoms with van der Waals surface area (Å²) in [6, 6.07) is 5.54. The lowest BCUT2D eigenvalue weighted by Gasteiger charge is -2.16. The van der Waals surface area contributed by atoms with E-state index in [0.29, 0.717) is 5.56 Å². The predicted molar refractivity (Wildman–Crippen MR) is 67.0 cm³/mol. The number of benzene rings is 1. The molecule has 1 aliphatic carbocycles. The minimum atomic E-state index is -0.914. The van der Waals surface area contributed by atoms with E-state index in [1.54, 1.807) is 12.1 Å². The molecule has 0 aliphatic heterocycles. The van der Waals surface area contributed by atoms with E-state index in [2.05, 4.69) is 5.32 Å². The summed E-state index contributed by atoms with van der Waals surface area (Å²) in [4.78, 5) is 22.5. The van der Waals surface area contributed by atoms with Gasteiger partial charge in [-0.05, 0) is 36.5 Å². The Morgan fingerprint density at radius 1 is 1.42 bits per heavy atom. The van der Waals surface area contributed by atoms with Gasteiger partial charge in [0, 0.05) is 6.04 Å². The molecule has 0 radical (unpaired) electrons. The van der Waals surface area contributed by atoms with Crippen molar-refractivity contribution in [3.05, 3.63) is 35.6 Å². The van der Waals surface area contributed by atoms with Crippen molar-refractivity contribution in [2.75, 3.05) is 0 Å². The van der Waals surface area contributed by atoms with Crippen LogP contribution in [-0.4, -0.2) is 23.0 Å². The average molecular weight is 265 g/mol. The van der Waals surface area contributed by atoms with E-state index < -0.39 is 5.97 Å². The van der Waals surface area contributed by atoms with Crippen molar-refractivity contribution in [3.8, 4) is 0 Å². The number of amides is 1. The first kappa shape index (κ1) is 13.5. The Balaban J connectivity index is 1.90. The zero-order valence-corrected chi connectivity index (χ0v) is 10.4. The molecular weight excluding hydrogens is 249 g/mol. The molecule has 1 aromatic rings. The molecule has 4 nitrogen and oxygen atoms in total. The lowest BCUT2D eigenvalue weighted by atomic mass is 10.1. The number of aliphatic carboxylic acids is 1. The minimum absolute atomic E-state index is 0.0560. The summed E-state index contributed by atoms with van der Waals surface area (Å²) in [6.07, 6.45) is 1.93. The first-order valence-corrected chi connectivity index (χ1v) is 6.30. The molecule has 0 spiro atoms. The second-order valence-corrected chi connectivity index (χ2v) is 4.92. The Labute approximate surface area is 110 Å². The highest BCUT2D eigenvalue weighted by atomic mass is 19.1. The number of carboxylic acid groups (broad SMARTS) is 1. The maximum Gasteiger partial charge on any atom is 0.305 e. The quantitative estimate of drug-likeness (QED) is 0.823. The number of rotatable bonds is 6. The molecule has 0 saturated heterocycles. The van der Waals surface area contributed by atoms with E-state index in [0.717, 1.165) is 12.8 Å². The summed E-state index contributed by atoms with van der Waals surface area (Å²) in [5.74, 6) is -1.28. The molecule has 1 fully saturated rings. The van der Waals surface area contributed by atoms with Crippen LogP contribution in [0.15, 0.2) is 24.3 Å². The molecular formula is C14H16FNO3. The Bertz CT molecular complexity index is 485. The molecule has 1 aromatic carbocycles. The fourth-order valence-electron chi connectivity index (χ4n) is 2.11. The molecule has 102 valence electrons. The molecule has 1 amide bonds. The van der Waals surface area contributed by atoms with Crippen LogP contribution in [0, 0.1) is 11.7 Å². The fourth-order valence-corrected chi connectivity index (χ4v) is 2.11. The molecule has 19 heavy (non-hydrogen) atoms. The highest BCUT2D eigenvalue weighted by molar-refractivity contribution is 5.79. The molecule has 2 N–H and O–H groups in total. The zero-order valence-electron chi connectivity index (χ0n) is 10.4. The van der Waals surface area contributed by atoms with E-state index in [1.165, 1.54) is 12.1 Å². The van der Waals surface area contributed by atoms with Crippen LogP contribution >= 0.6 is 0 Å². The Hall–Kier alpha value is -1.91. The third kappa shape index (κ3) is 4.35. The summed E-state index contributed by atoms with van der Waals surface area (Å²) in [6.45, 7) is 0. The molecule has 5 heteroatoms. The lowest BCUT2D eigenvalue weighted by molar-refractivity contribution is -0.137. The number of hydrogen-bond acceptors (Lipinski definition) is 2. The summed E-state index contributed by atoms with van der Waals surface area (Å²) in [5.41, 5.74) is 0.586. The number of carbonyl (C=O) groups is 2. The average Bonchev–Trinajstić information content (AvgIpc) is 3.10. The normalized spacial score (nSPS) is 15.8. The topological polar surface area (TPSA) is 66.4 Å². The van der Waals surface area contributed by atoms with Crippen LogP contribution < -0.4 is 5.32 Å². The smallest absolute Gasteiger partial charge is 0.305 e. The van der Waals surface area contributed by atoms with Gasteiger partial charge in [-0.15, -0.1) is 0 Å². The number of carbonyl (C=O) groups excluding carboxylic acids is 1. The van der Waals surface area contributed by atoms with E-state index in [-0.39, 0.29) is 36.5 Å². The number of carboxylic acids is 1. The van der Waals surface area contributed by atoms with Crippen LogP contribution in [0.3, 0.4) is 0 Å². The van der Waals surface area contributed by atoms with E-state index in [9.17, 15) is 14.0 Å². The van der Waals surface area contributed by atoms with Gasteiger partial charge in [0.05, 0.1) is 12.8 Å². The van der Waals surface area contributed by atoms with Crippen LogP contribution in [0.2, 0.25) is 0 Å². The minimum Gasteiger partial charge on any atom is -0.481 e. The van der Waals surface area contributed by atoms with Crippen molar-refractivity contribution in [3.63, 3.8) is 0 Å². The van der Waals surface area contributed by atoms with Gasteiger partial charge < -0.3 is 10.4 Å². The summed E-state index contributed by atoms with van der Waals surface area (Å²) < 4.78 is 13.0. The number of hydrogen-bond donors (Lipinski definition) is 2. The standard InChI is InChI=1S/C14H16FNO3/c15-11-3-1-2-9(6-11)7-13(17)16-12(8-14(18)19)10-4-5-10/h1-3,6,10,12H,4-5,7-8H2,(H,16,17)(H,18,19)/t12-/m0/s1. The molecule has 0 aromatic heterocycles. The highest BCUT2D eigenvalue weighted by Gasteiger charge is 2.33. The Morgan fingerprint density at radius 3 is 2.74 bits per heavy atom. The Kier molecular flexibility index (Phi) is 4.14. The van der Waals surface area contributed by atoms with Crippen LogP contribution in [0.25, 0.3) is 0 Å². The number of nitrogens with one attached hydrogen (secondary N) is 1. The summed E-state index contributed by atoms with van der Waals surface area (Å²) >= 11 is 0. The first-order valence-electron chi connectivity index (χ1n) is 6.30. The van der Waals surface area contributed by atoms with Gasteiger partial charge in [0.25, 0.3) is 0 Å². The van der Waals surface area contributed by atoms with Gasteiger partial charge in [0.1, 0.15) is 5.82 Å². The van der Waals surface area contributed by atoms with Crippen molar-refractivity contribution in [1.29, 1.82) is 0 Å². The largest absolute Gasteiger partial charge is 0.481 e. The molecule has 1 aliphatic rings. The molecule has 1 saturated carbocycles. The fraction of sp³-hybridized carbons (Fsp3) is 0.429. The van der Waals surface area contributed by atoms with Crippen LogP contribution in [0.4, 0.5) is 4.39 Å². The van der Waals surface area contributed by atoms with Gasteiger partial charge in [0.2, 0.25) is 5.91 Å². The van der Waals surface area contributed by atoms with E-state index in [1.807, 2.05) is 0 Å². The van der Waals surface area contributed by atoms with Crippen LogP contribution in [-0.2, 0) is 16.0 Å². The van der Waals surface area contributed by atoms with Crippen molar-refractivity contribution < 1.29 is 19.1 Å². The van der Waals surface area contributed by atoms with Gasteiger partial charge in [0.15, 0.2) is 0 Å². The van der Waals surface area contributed by atoms with Crippen molar-refractivity contribution in [2.45, 2.75) is 31.7 Å². The van der Waals surface area contributed by atoms with Crippen molar-refractivity contribution >= 4 is 11.9 Å². The molecule has 0 heterocycles. The van der Waals surface area contributed by atoms with Gasteiger partial charge in [-0.3, -0.25) is 9.59 Å². The predicted octanol–water partition coefficient (Wildman–Crippen LogP) is 1.74. The third-order valence-electron chi connectivity index (χ3n) is 3.19. The molecule has 0 bridgehead atoms. The summed E-state index contributed by atoms with van der Waals surface area (Å²) in [7, 11) is 0. The van der Waals surface area contributed by atoms with Gasteiger partial charge in [-0.25, -0.2) is 4.39 Å². The van der Waals surface area contributed by atoms with E-state index >= 15 is 0 Å². The maximum atomic E-state index is 13.0. The van der Waals surface area contributed by atoms with Crippen molar-refractivity contribution in [1.82, 2.24) is 5.32 Å². The number of halogens is 1. The van der Waals surface area contributed by atoms with Gasteiger partial charge in [-0.1, -0.05) is 12.1 Å². The summed E-state index contributed by atoms with van der Waals surface area (Å²) in [5, 5.41) is 11.5. The third-order valence-corrected chi connectivity index (χ3v) is 3.19. The molecule has 1 atom stereocenters. The lowest BCUT2D eigenvalue weighted by Crippen LogP contribution is -2.38. The van der Waals surface area contributed by atoms with Crippen molar-refractivity contribution in [2.24, 2.45) is 5.92 Å². The van der Waals surface area contributed by atoms with Crippen LogP contribution in [0.1, 0.15) is 24.8 Å². The monoisotopic (exact) mass is 265 g/mol. The second kappa shape index (κ2) is 5.82. The second-order valence-electron chi connectivity index (χ2n) is 4.92. The molecule has 2 rings (SSSR count). The van der Waals surface area contributed by atoms with Crippen LogP contribution in [0.5, 0.6) is 0 Å². The highest BCUT2D eigenvalue weighted by Crippen LogP contribution is 2.34. The van der Waals surface area contributed by atoms with Gasteiger partial charge >= 0.3 is 5.97 Å². The zero-order chi connectivity index (χ0) is 13.8. The maximum absolute atomic E-state index is 13.0. The van der Waals surface area contributed by atoms with E-state index in [4.69, 9.17) is 5.11 Å². The molecule has 0 unspecified atom stereocenters. The SMILES string of the molecule is O=C(O)C[C@H](NC(=O)Cc1cccc(F)c1)C1CC1. The van der Waals surface area contributed by atoms with Gasteiger partial charge in [-0.2, -0.15) is 0 Å². The Morgan fingerprint density at radius 2 is 2.16 bits per heavy atom. The first-order chi connectivity index (χ1) is 9.04.